The number of nitrogens with one attached hydrogen (secondary N) is 1. The van der Waals surface area contributed by atoms with Crippen LogP contribution in [0.4, 0.5) is 0 Å². The zero-order valence-electron chi connectivity index (χ0n) is 12.6. The second-order valence-electron chi connectivity index (χ2n) is 7.04. The van der Waals surface area contributed by atoms with E-state index in [2.05, 4.69) is 40.1 Å². The summed E-state index contributed by atoms with van der Waals surface area (Å²) in [6, 6.07) is 0.547. The molecule has 0 saturated carbocycles. The van der Waals surface area contributed by atoms with Crippen LogP contribution in [0.3, 0.4) is 0 Å². The number of rotatable bonds is 3. The van der Waals surface area contributed by atoms with Crippen molar-refractivity contribution in [3.63, 3.8) is 0 Å². The lowest BCUT2D eigenvalue weighted by Crippen LogP contribution is -2.48. The summed E-state index contributed by atoms with van der Waals surface area (Å²) in [5.41, 5.74) is -0.0239. The van der Waals surface area contributed by atoms with Crippen molar-refractivity contribution in [2.24, 2.45) is 11.8 Å². The summed E-state index contributed by atoms with van der Waals surface area (Å²) in [7, 11) is 2.10. The van der Waals surface area contributed by atoms with E-state index in [1.54, 1.807) is 0 Å². The molecular weight excluding hydrogens is 226 g/mol. The van der Waals surface area contributed by atoms with Crippen LogP contribution in [0.15, 0.2) is 0 Å². The van der Waals surface area contributed by atoms with E-state index < -0.39 is 0 Å². The standard InChI is InChI=1S/C15H29NO2/c1-14(2)10-12(15(3,4)18-14)13(16-5)11-6-8-17-9-7-11/h11-13,16H,6-10H2,1-5H3. The zero-order valence-corrected chi connectivity index (χ0v) is 12.6. The maximum Gasteiger partial charge on any atom is 0.0677 e. The molecule has 2 unspecified atom stereocenters. The Morgan fingerprint density at radius 3 is 2.17 bits per heavy atom. The highest BCUT2D eigenvalue weighted by molar-refractivity contribution is 5.01. The lowest BCUT2D eigenvalue weighted by atomic mass is 9.74. The van der Waals surface area contributed by atoms with Crippen LogP contribution in [-0.2, 0) is 9.47 Å². The van der Waals surface area contributed by atoms with Crippen molar-refractivity contribution in [3.8, 4) is 0 Å². The summed E-state index contributed by atoms with van der Waals surface area (Å²) in [6.45, 7) is 10.8. The van der Waals surface area contributed by atoms with Gasteiger partial charge in [0.05, 0.1) is 11.2 Å². The van der Waals surface area contributed by atoms with E-state index in [0.717, 1.165) is 25.6 Å². The minimum absolute atomic E-state index is 0.00837. The Labute approximate surface area is 112 Å². The predicted octanol–water partition coefficient (Wildman–Crippen LogP) is 2.59. The number of ether oxygens (including phenoxy) is 2. The predicted molar refractivity (Wildman–Crippen MR) is 73.7 cm³/mol. The van der Waals surface area contributed by atoms with Crippen molar-refractivity contribution in [3.05, 3.63) is 0 Å². The van der Waals surface area contributed by atoms with Crippen molar-refractivity contribution in [1.82, 2.24) is 5.32 Å². The molecule has 106 valence electrons. The summed E-state index contributed by atoms with van der Waals surface area (Å²) in [4.78, 5) is 0. The minimum Gasteiger partial charge on any atom is -0.381 e. The molecule has 18 heavy (non-hydrogen) atoms. The lowest BCUT2D eigenvalue weighted by Gasteiger charge is -2.39. The van der Waals surface area contributed by atoms with Gasteiger partial charge in [-0.2, -0.15) is 0 Å². The molecule has 0 aromatic heterocycles. The van der Waals surface area contributed by atoms with Crippen LogP contribution in [0.25, 0.3) is 0 Å². The third-order valence-electron chi connectivity index (χ3n) is 4.68. The van der Waals surface area contributed by atoms with E-state index in [9.17, 15) is 0 Å². The summed E-state index contributed by atoms with van der Waals surface area (Å²) in [5.74, 6) is 1.31. The maximum absolute atomic E-state index is 6.25. The molecule has 2 rings (SSSR count). The molecule has 0 radical (unpaired) electrons. The molecule has 2 heterocycles. The highest BCUT2D eigenvalue weighted by Crippen LogP contribution is 2.45. The minimum atomic E-state index is -0.0323. The van der Waals surface area contributed by atoms with Gasteiger partial charge in [-0.15, -0.1) is 0 Å². The molecule has 0 bridgehead atoms. The van der Waals surface area contributed by atoms with Gasteiger partial charge >= 0.3 is 0 Å². The zero-order chi connectivity index (χ0) is 13.4. The molecule has 3 heteroatoms. The second kappa shape index (κ2) is 5.10. The van der Waals surface area contributed by atoms with Crippen LogP contribution >= 0.6 is 0 Å². The average molecular weight is 255 g/mol. The molecule has 0 aliphatic carbocycles. The largest absolute Gasteiger partial charge is 0.381 e. The molecule has 0 amide bonds. The molecule has 1 N–H and O–H groups in total. The maximum atomic E-state index is 6.25. The van der Waals surface area contributed by atoms with Gasteiger partial charge in [-0.3, -0.25) is 0 Å². The van der Waals surface area contributed by atoms with Crippen LogP contribution in [0.1, 0.15) is 47.0 Å². The number of hydrogen-bond acceptors (Lipinski definition) is 3. The Morgan fingerprint density at radius 1 is 1.11 bits per heavy atom. The molecule has 0 aromatic carbocycles. The van der Waals surface area contributed by atoms with Gasteiger partial charge in [0.15, 0.2) is 0 Å². The van der Waals surface area contributed by atoms with E-state index in [-0.39, 0.29) is 11.2 Å². The summed E-state index contributed by atoms with van der Waals surface area (Å²) in [6.07, 6.45) is 3.50. The highest BCUT2D eigenvalue weighted by atomic mass is 16.5. The average Bonchev–Trinajstić information content (AvgIpc) is 2.50. The van der Waals surface area contributed by atoms with Crippen molar-refractivity contribution in [2.45, 2.75) is 64.2 Å². The summed E-state index contributed by atoms with van der Waals surface area (Å²) in [5, 5.41) is 3.57. The molecular formula is C15H29NO2. The van der Waals surface area contributed by atoms with Crippen molar-refractivity contribution in [1.29, 1.82) is 0 Å². The Bertz CT molecular complexity index is 282. The third kappa shape index (κ3) is 2.89. The van der Waals surface area contributed by atoms with Crippen LogP contribution in [-0.4, -0.2) is 37.5 Å². The van der Waals surface area contributed by atoms with Gasteiger partial charge in [-0.05, 0) is 59.9 Å². The summed E-state index contributed by atoms with van der Waals surface area (Å²) < 4.78 is 11.7. The quantitative estimate of drug-likeness (QED) is 0.841. The highest BCUT2D eigenvalue weighted by Gasteiger charge is 2.50. The van der Waals surface area contributed by atoms with Crippen LogP contribution in [0.2, 0.25) is 0 Å². The first-order valence-electron chi connectivity index (χ1n) is 7.31. The van der Waals surface area contributed by atoms with E-state index in [4.69, 9.17) is 9.47 Å². The fourth-order valence-electron chi connectivity index (χ4n) is 4.00. The first-order chi connectivity index (χ1) is 8.36. The Hall–Kier alpha value is -0.120. The molecule has 2 atom stereocenters. The molecule has 0 spiro atoms. The summed E-state index contributed by atoms with van der Waals surface area (Å²) >= 11 is 0. The molecule has 0 aromatic rings. The van der Waals surface area contributed by atoms with Gasteiger partial charge < -0.3 is 14.8 Å². The van der Waals surface area contributed by atoms with E-state index in [1.165, 1.54) is 12.8 Å². The van der Waals surface area contributed by atoms with Gasteiger partial charge in [0.1, 0.15) is 0 Å². The Balaban J connectivity index is 2.11. The monoisotopic (exact) mass is 255 g/mol. The van der Waals surface area contributed by atoms with Crippen LogP contribution in [0.5, 0.6) is 0 Å². The molecule has 2 saturated heterocycles. The van der Waals surface area contributed by atoms with Crippen LogP contribution in [0, 0.1) is 11.8 Å². The number of hydrogen-bond donors (Lipinski definition) is 1. The first kappa shape index (κ1) is 14.3. The van der Waals surface area contributed by atoms with E-state index in [1.807, 2.05) is 0 Å². The van der Waals surface area contributed by atoms with E-state index in [0.29, 0.717) is 12.0 Å². The molecule has 2 aliphatic rings. The fourth-order valence-corrected chi connectivity index (χ4v) is 4.00. The van der Waals surface area contributed by atoms with Gasteiger partial charge in [0, 0.05) is 25.2 Å². The van der Waals surface area contributed by atoms with Gasteiger partial charge in [0.25, 0.3) is 0 Å². The third-order valence-corrected chi connectivity index (χ3v) is 4.68. The molecule has 3 nitrogen and oxygen atoms in total. The molecule has 2 fully saturated rings. The fraction of sp³-hybridized carbons (Fsp3) is 1.00. The lowest BCUT2D eigenvalue weighted by molar-refractivity contribution is -0.0814. The van der Waals surface area contributed by atoms with Crippen molar-refractivity contribution < 1.29 is 9.47 Å². The topological polar surface area (TPSA) is 30.5 Å². The van der Waals surface area contributed by atoms with Gasteiger partial charge in [0.2, 0.25) is 0 Å². The Morgan fingerprint density at radius 2 is 1.72 bits per heavy atom. The van der Waals surface area contributed by atoms with Gasteiger partial charge in [-0.25, -0.2) is 0 Å². The first-order valence-corrected chi connectivity index (χ1v) is 7.31. The van der Waals surface area contributed by atoms with Crippen LogP contribution < -0.4 is 5.32 Å². The molecule has 2 aliphatic heterocycles. The smallest absolute Gasteiger partial charge is 0.0677 e. The second-order valence-corrected chi connectivity index (χ2v) is 7.04. The normalized spacial score (nSPS) is 33.5. The van der Waals surface area contributed by atoms with E-state index >= 15 is 0 Å². The Kier molecular flexibility index (Phi) is 4.05. The van der Waals surface area contributed by atoms with Crippen molar-refractivity contribution >= 4 is 0 Å². The van der Waals surface area contributed by atoms with Crippen molar-refractivity contribution in [2.75, 3.05) is 20.3 Å². The SMILES string of the molecule is CNC(C1CCOCC1)C1CC(C)(C)OC1(C)C. The van der Waals surface area contributed by atoms with Gasteiger partial charge in [-0.1, -0.05) is 0 Å².